The lowest BCUT2D eigenvalue weighted by molar-refractivity contribution is -0.124. The van der Waals surface area contributed by atoms with E-state index in [2.05, 4.69) is 11.8 Å². The monoisotopic (exact) mass is 248 g/mol. The molecular formula is C11H21ClN2O2. The van der Waals surface area contributed by atoms with Gasteiger partial charge in [0.15, 0.2) is 0 Å². The van der Waals surface area contributed by atoms with E-state index < -0.39 is 0 Å². The second-order valence-corrected chi connectivity index (χ2v) is 4.70. The maximum Gasteiger partial charge on any atom is 0.221 e. The molecule has 0 saturated carbocycles. The zero-order valence-corrected chi connectivity index (χ0v) is 10.6. The van der Waals surface area contributed by atoms with Gasteiger partial charge in [0.05, 0.1) is 19.1 Å². The van der Waals surface area contributed by atoms with Crippen molar-refractivity contribution in [3.63, 3.8) is 0 Å². The minimum atomic E-state index is -0.182. The van der Waals surface area contributed by atoms with Gasteiger partial charge in [-0.05, 0) is 19.8 Å². The molecule has 1 heterocycles. The number of ether oxygens (including phenoxy) is 1. The van der Waals surface area contributed by atoms with Crippen LogP contribution in [0.2, 0.25) is 0 Å². The Kier molecular flexibility index (Phi) is 6.09. The molecule has 0 aliphatic carbocycles. The molecule has 1 aliphatic heterocycles. The Labute approximate surface area is 102 Å². The molecule has 0 radical (unpaired) electrons. The summed E-state index contributed by atoms with van der Waals surface area (Å²) in [7, 11) is 0. The molecule has 1 rings (SSSR count). The highest BCUT2D eigenvalue weighted by Gasteiger charge is 2.27. The minimum absolute atomic E-state index is 0.00391. The Bertz CT molecular complexity index is 226. The number of likely N-dealkylation sites (tertiary alicyclic amines) is 1. The van der Waals surface area contributed by atoms with Crippen LogP contribution in [0.5, 0.6) is 0 Å². The second kappa shape index (κ2) is 7.09. The van der Waals surface area contributed by atoms with Gasteiger partial charge in [-0.15, -0.1) is 11.6 Å². The Morgan fingerprint density at radius 3 is 2.88 bits per heavy atom. The third-order valence-corrected chi connectivity index (χ3v) is 3.31. The summed E-state index contributed by atoms with van der Waals surface area (Å²) in [6, 6.07) is 0.509. The third-order valence-electron chi connectivity index (χ3n) is 3.16. The fourth-order valence-corrected chi connectivity index (χ4v) is 2.17. The van der Waals surface area contributed by atoms with E-state index in [4.69, 9.17) is 22.1 Å². The lowest BCUT2D eigenvalue weighted by atomic mass is 9.93. The zero-order valence-electron chi connectivity index (χ0n) is 9.82. The SMILES string of the molecule is CC1CCC(C(N)=O)CN1CCOCCCl. The lowest BCUT2D eigenvalue weighted by Crippen LogP contribution is -2.46. The van der Waals surface area contributed by atoms with Crippen molar-refractivity contribution >= 4 is 17.5 Å². The maximum atomic E-state index is 11.1. The molecule has 16 heavy (non-hydrogen) atoms. The predicted octanol–water partition coefficient (Wildman–Crippen LogP) is 0.828. The standard InChI is InChI=1S/C11H21ClN2O2/c1-9-2-3-10(11(13)15)8-14(9)5-7-16-6-4-12/h9-10H,2-8H2,1H3,(H2,13,15). The molecule has 1 amide bonds. The summed E-state index contributed by atoms with van der Waals surface area (Å²) >= 11 is 5.52. The smallest absolute Gasteiger partial charge is 0.221 e. The van der Waals surface area contributed by atoms with Crippen molar-refractivity contribution in [1.82, 2.24) is 4.90 Å². The largest absolute Gasteiger partial charge is 0.379 e. The number of hydrogen-bond donors (Lipinski definition) is 1. The van der Waals surface area contributed by atoms with Crippen LogP contribution in [0.4, 0.5) is 0 Å². The van der Waals surface area contributed by atoms with Crippen LogP contribution >= 0.6 is 11.6 Å². The van der Waals surface area contributed by atoms with E-state index in [1.807, 2.05) is 0 Å². The predicted molar refractivity (Wildman–Crippen MR) is 64.5 cm³/mol. The number of alkyl halides is 1. The van der Waals surface area contributed by atoms with Gasteiger partial charge in [0.25, 0.3) is 0 Å². The van der Waals surface area contributed by atoms with E-state index in [0.29, 0.717) is 25.1 Å². The van der Waals surface area contributed by atoms with Crippen molar-refractivity contribution < 1.29 is 9.53 Å². The summed E-state index contributed by atoms with van der Waals surface area (Å²) in [5.41, 5.74) is 5.34. The van der Waals surface area contributed by atoms with E-state index in [-0.39, 0.29) is 11.8 Å². The van der Waals surface area contributed by atoms with Crippen LogP contribution in [0.1, 0.15) is 19.8 Å². The second-order valence-electron chi connectivity index (χ2n) is 4.32. The number of rotatable bonds is 6. The summed E-state index contributed by atoms with van der Waals surface area (Å²) in [4.78, 5) is 13.4. The Balaban J connectivity index is 2.29. The highest BCUT2D eigenvalue weighted by Crippen LogP contribution is 2.21. The first-order chi connectivity index (χ1) is 7.65. The number of hydrogen-bond acceptors (Lipinski definition) is 3. The first-order valence-electron chi connectivity index (χ1n) is 5.82. The fourth-order valence-electron chi connectivity index (χ4n) is 2.06. The summed E-state index contributed by atoms with van der Waals surface area (Å²) in [5, 5.41) is 0. The van der Waals surface area contributed by atoms with Crippen molar-refractivity contribution in [1.29, 1.82) is 0 Å². The first-order valence-corrected chi connectivity index (χ1v) is 6.35. The molecule has 1 saturated heterocycles. The van der Waals surface area contributed by atoms with Gasteiger partial charge in [0, 0.05) is 25.0 Å². The normalized spacial score (nSPS) is 26.9. The van der Waals surface area contributed by atoms with Crippen LogP contribution < -0.4 is 5.73 Å². The Morgan fingerprint density at radius 2 is 2.25 bits per heavy atom. The van der Waals surface area contributed by atoms with Gasteiger partial charge >= 0.3 is 0 Å². The van der Waals surface area contributed by atoms with Gasteiger partial charge in [0.1, 0.15) is 0 Å². The topological polar surface area (TPSA) is 55.6 Å². The van der Waals surface area contributed by atoms with Crippen molar-refractivity contribution in [3.8, 4) is 0 Å². The van der Waals surface area contributed by atoms with Crippen LogP contribution in [0.25, 0.3) is 0 Å². The quantitative estimate of drug-likeness (QED) is 0.560. The third kappa shape index (κ3) is 4.28. The summed E-state index contributed by atoms with van der Waals surface area (Å²) in [6.45, 7) is 5.05. The van der Waals surface area contributed by atoms with Crippen molar-refractivity contribution in [3.05, 3.63) is 0 Å². The molecular weight excluding hydrogens is 228 g/mol. The minimum Gasteiger partial charge on any atom is -0.379 e. The average molecular weight is 249 g/mol. The van der Waals surface area contributed by atoms with Crippen LogP contribution in [0, 0.1) is 5.92 Å². The maximum absolute atomic E-state index is 11.1. The first kappa shape index (κ1) is 13.7. The lowest BCUT2D eigenvalue weighted by Gasteiger charge is -2.36. The molecule has 2 atom stereocenters. The van der Waals surface area contributed by atoms with Gasteiger partial charge in [-0.1, -0.05) is 0 Å². The van der Waals surface area contributed by atoms with Crippen LogP contribution in [0.15, 0.2) is 0 Å². The summed E-state index contributed by atoms with van der Waals surface area (Å²) < 4.78 is 5.34. The average Bonchev–Trinajstić information content (AvgIpc) is 2.26. The Hall–Kier alpha value is -0.320. The van der Waals surface area contributed by atoms with E-state index in [1.54, 1.807) is 0 Å². The van der Waals surface area contributed by atoms with E-state index >= 15 is 0 Å². The highest BCUT2D eigenvalue weighted by atomic mass is 35.5. The van der Waals surface area contributed by atoms with E-state index in [0.717, 1.165) is 25.9 Å². The molecule has 1 aliphatic rings. The van der Waals surface area contributed by atoms with Crippen LogP contribution in [-0.2, 0) is 9.53 Å². The molecule has 2 N–H and O–H groups in total. The molecule has 5 heteroatoms. The zero-order chi connectivity index (χ0) is 12.0. The molecule has 1 fully saturated rings. The number of nitrogens with two attached hydrogens (primary N) is 1. The molecule has 0 aromatic carbocycles. The fraction of sp³-hybridized carbons (Fsp3) is 0.909. The van der Waals surface area contributed by atoms with Gasteiger partial charge < -0.3 is 10.5 Å². The van der Waals surface area contributed by atoms with Gasteiger partial charge in [-0.3, -0.25) is 9.69 Å². The van der Waals surface area contributed by atoms with Gasteiger partial charge in [0.2, 0.25) is 5.91 Å². The summed E-state index contributed by atoms with van der Waals surface area (Å²) in [5.74, 6) is 0.349. The van der Waals surface area contributed by atoms with Crippen molar-refractivity contribution in [2.45, 2.75) is 25.8 Å². The summed E-state index contributed by atoms with van der Waals surface area (Å²) in [6.07, 6.45) is 1.94. The van der Waals surface area contributed by atoms with Crippen molar-refractivity contribution in [2.75, 3.05) is 32.2 Å². The highest BCUT2D eigenvalue weighted by molar-refractivity contribution is 6.17. The number of halogens is 1. The molecule has 94 valence electrons. The molecule has 0 bridgehead atoms. The molecule has 4 nitrogen and oxygen atoms in total. The van der Waals surface area contributed by atoms with Crippen LogP contribution in [-0.4, -0.2) is 49.0 Å². The van der Waals surface area contributed by atoms with Gasteiger partial charge in [-0.25, -0.2) is 0 Å². The van der Waals surface area contributed by atoms with Crippen LogP contribution in [0.3, 0.4) is 0 Å². The number of piperidine rings is 1. The molecule has 0 aromatic rings. The van der Waals surface area contributed by atoms with Gasteiger partial charge in [-0.2, -0.15) is 0 Å². The molecule has 2 unspecified atom stereocenters. The number of amides is 1. The molecule has 0 aromatic heterocycles. The van der Waals surface area contributed by atoms with E-state index in [1.165, 1.54) is 0 Å². The molecule has 0 spiro atoms. The number of primary amides is 1. The number of carbonyl (C=O) groups is 1. The number of carbonyl (C=O) groups excluding carboxylic acids is 1. The van der Waals surface area contributed by atoms with E-state index in [9.17, 15) is 4.79 Å². The Morgan fingerprint density at radius 1 is 1.50 bits per heavy atom. The number of nitrogens with zero attached hydrogens (tertiary/aromatic N) is 1. The van der Waals surface area contributed by atoms with Crippen molar-refractivity contribution in [2.24, 2.45) is 11.7 Å².